The molecule has 0 aliphatic rings. The van der Waals surface area contributed by atoms with Gasteiger partial charge in [0.05, 0.1) is 0 Å². The summed E-state index contributed by atoms with van der Waals surface area (Å²) in [6.45, 7) is 2.17. The molecule has 1 aromatic rings. The number of hydrogen-bond donors (Lipinski definition) is 0. The summed E-state index contributed by atoms with van der Waals surface area (Å²) >= 11 is 1.76. The van der Waals surface area contributed by atoms with Gasteiger partial charge in [-0.25, -0.2) is 0 Å². The predicted octanol–water partition coefficient (Wildman–Crippen LogP) is 1.65. The van der Waals surface area contributed by atoms with Crippen LogP contribution in [0.3, 0.4) is 0 Å². The molecule has 1 heterocycles. The predicted molar refractivity (Wildman–Crippen MR) is 32.7 cm³/mol. The van der Waals surface area contributed by atoms with Crippen molar-refractivity contribution in [3.63, 3.8) is 0 Å². The maximum Gasteiger partial charge on any atom is 0.0389 e. The molecule has 0 saturated heterocycles. The number of hydrogen-bond acceptors (Lipinski definition) is 1. The molecular weight excluding hydrogens is 106 g/mol. The van der Waals surface area contributed by atoms with E-state index in [0.717, 1.165) is 0 Å². The molecule has 0 fully saturated rings. The van der Waals surface area contributed by atoms with Crippen LogP contribution in [0.4, 0.5) is 0 Å². The van der Waals surface area contributed by atoms with Crippen LogP contribution in [-0.2, 0) is 13.5 Å². The van der Waals surface area contributed by atoms with Crippen molar-refractivity contribution in [2.45, 2.75) is 13.3 Å². The van der Waals surface area contributed by atoms with Gasteiger partial charge in [-0.05, 0) is 6.42 Å². The van der Waals surface area contributed by atoms with E-state index >= 15 is 0 Å². The van der Waals surface area contributed by atoms with Gasteiger partial charge in [0.1, 0.15) is 0 Å². The quantitative estimate of drug-likeness (QED) is 0.524. The summed E-state index contributed by atoms with van der Waals surface area (Å²) in [6.07, 6.45) is 1.17. The number of aromatic nitrogens is 1. The summed E-state index contributed by atoms with van der Waals surface area (Å²) < 4.78 is 2.18. The lowest BCUT2D eigenvalue weighted by Gasteiger charge is -2.06. The van der Waals surface area contributed by atoms with Gasteiger partial charge in [-0.3, -0.25) is 0 Å². The van der Waals surface area contributed by atoms with Gasteiger partial charge in [0.25, 0.3) is 0 Å². The van der Waals surface area contributed by atoms with Gasteiger partial charge in [-0.1, -0.05) is 18.5 Å². The Balaban J connectivity index is 2.66. The lowest BCUT2D eigenvalue weighted by molar-refractivity contribution is 0.881. The molecule has 0 unspecified atom stereocenters. The zero-order chi connectivity index (χ0) is 5.28. The molecule has 7 heavy (non-hydrogen) atoms. The summed E-state index contributed by atoms with van der Waals surface area (Å²) in [7, 11) is 2.09. The normalized spacial score (nSPS) is 10.0. The van der Waals surface area contributed by atoms with Crippen LogP contribution < -0.4 is 0 Å². The fourth-order valence-electron chi connectivity index (χ4n) is 0.539. The summed E-state index contributed by atoms with van der Waals surface area (Å²) in [4.78, 5) is 0. The smallest absolute Gasteiger partial charge is 0.0389 e. The van der Waals surface area contributed by atoms with Crippen LogP contribution >= 0.6 is 11.5 Å². The summed E-state index contributed by atoms with van der Waals surface area (Å²) in [6, 6.07) is 0. The molecule has 0 aromatic carbocycles. The minimum absolute atomic E-state index is 1.17. The highest BCUT2D eigenvalue weighted by Crippen LogP contribution is 2.08. The Kier molecular flexibility index (Phi) is 1.19. The fraction of sp³-hybridized carbons (Fsp3) is 0.600. The van der Waals surface area contributed by atoms with E-state index in [1.54, 1.807) is 11.5 Å². The van der Waals surface area contributed by atoms with Crippen LogP contribution in [0.5, 0.6) is 0 Å². The Hall–Kier alpha value is -0.240. The van der Waals surface area contributed by atoms with Gasteiger partial charge in [0.15, 0.2) is 0 Å². The lowest BCUT2D eigenvalue weighted by Crippen LogP contribution is -1.97. The minimum Gasteiger partial charge on any atom is -0.304 e. The highest BCUT2D eigenvalue weighted by molar-refractivity contribution is 7.05. The van der Waals surface area contributed by atoms with Crippen molar-refractivity contribution in [3.05, 3.63) is 11.1 Å². The first-order chi connectivity index (χ1) is 3.34. The van der Waals surface area contributed by atoms with Gasteiger partial charge < -0.3 is 3.96 Å². The zero-order valence-corrected chi connectivity index (χ0v) is 5.46. The van der Waals surface area contributed by atoms with Crippen LogP contribution in [0.1, 0.15) is 12.6 Å². The molecule has 1 aromatic heterocycles. The van der Waals surface area contributed by atoms with Crippen LogP contribution in [-0.4, -0.2) is 3.96 Å². The SMILES string of the molecule is CCc1csn1C. The Labute approximate surface area is 47.7 Å². The summed E-state index contributed by atoms with van der Waals surface area (Å²) in [5, 5.41) is 2.18. The van der Waals surface area contributed by atoms with Crippen molar-refractivity contribution >= 4 is 11.5 Å². The highest BCUT2D eigenvalue weighted by atomic mass is 32.1. The molecule has 0 bridgehead atoms. The number of aryl methyl sites for hydroxylation is 2. The zero-order valence-electron chi connectivity index (χ0n) is 4.64. The average molecular weight is 115 g/mol. The summed E-state index contributed by atoms with van der Waals surface area (Å²) in [5.41, 5.74) is 1.45. The monoisotopic (exact) mass is 115 g/mol. The topological polar surface area (TPSA) is 4.93 Å². The van der Waals surface area contributed by atoms with Crippen LogP contribution in [0.15, 0.2) is 5.38 Å². The largest absolute Gasteiger partial charge is 0.304 e. The van der Waals surface area contributed by atoms with Crippen molar-refractivity contribution in [1.29, 1.82) is 0 Å². The molecule has 0 N–H and O–H groups in total. The molecule has 0 aliphatic carbocycles. The third-order valence-electron chi connectivity index (χ3n) is 1.11. The van der Waals surface area contributed by atoms with Crippen molar-refractivity contribution in [2.24, 2.45) is 7.05 Å². The molecule has 40 valence electrons. The van der Waals surface area contributed by atoms with Crippen molar-refractivity contribution in [1.82, 2.24) is 3.96 Å². The standard InChI is InChI=1S/C5H9NS/c1-3-5-4-7-6(5)2/h4H,3H2,1-2H3. The third kappa shape index (κ3) is 0.703. The molecule has 0 radical (unpaired) electrons. The maximum absolute atomic E-state index is 2.18. The molecular formula is C5H9NS. The highest BCUT2D eigenvalue weighted by Gasteiger charge is 1.93. The Bertz CT molecular complexity index is 141. The summed E-state index contributed by atoms with van der Waals surface area (Å²) in [5.74, 6) is 0. The van der Waals surface area contributed by atoms with E-state index < -0.39 is 0 Å². The second-order valence-corrected chi connectivity index (χ2v) is 2.56. The average Bonchev–Trinajstić information content (AvgIpc) is 1.65. The second-order valence-electron chi connectivity index (χ2n) is 1.57. The molecule has 1 rings (SSSR count). The minimum atomic E-state index is 1.17. The van der Waals surface area contributed by atoms with Gasteiger partial charge in [-0.2, -0.15) is 0 Å². The van der Waals surface area contributed by atoms with Crippen LogP contribution in [0.2, 0.25) is 0 Å². The van der Waals surface area contributed by atoms with E-state index in [9.17, 15) is 0 Å². The van der Waals surface area contributed by atoms with Crippen molar-refractivity contribution in [3.8, 4) is 0 Å². The van der Waals surface area contributed by atoms with E-state index in [1.807, 2.05) is 0 Å². The second kappa shape index (κ2) is 1.70. The number of rotatable bonds is 1. The molecule has 0 amide bonds. The van der Waals surface area contributed by atoms with Gasteiger partial charge in [0.2, 0.25) is 0 Å². The molecule has 0 atom stereocenters. The first-order valence-electron chi connectivity index (χ1n) is 2.44. The first kappa shape index (κ1) is 4.91. The maximum atomic E-state index is 2.18. The Morgan fingerprint density at radius 3 is 2.57 bits per heavy atom. The molecule has 0 spiro atoms. The van der Waals surface area contributed by atoms with Gasteiger partial charge in [0, 0.05) is 18.1 Å². The van der Waals surface area contributed by atoms with Crippen molar-refractivity contribution < 1.29 is 0 Å². The van der Waals surface area contributed by atoms with Gasteiger partial charge in [-0.15, -0.1) is 0 Å². The molecule has 2 heteroatoms. The molecule has 1 nitrogen and oxygen atoms in total. The Morgan fingerprint density at radius 2 is 2.57 bits per heavy atom. The van der Waals surface area contributed by atoms with E-state index in [4.69, 9.17) is 0 Å². The number of nitrogens with zero attached hydrogens (tertiary/aromatic N) is 1. The Morgan fingerprint density at radius 1 is 1.86 bits per heavy atom. The lowest BCUT2D eigenvalue weighted by atomic mass is 10.4. The van der Waals surface area contributed by atoms with E-state index in [2.05, 4.69) is 23.3 Å². The third-order valence-corrected chi connectivity index (χ3v) is 2.04. The first-order valence-corrected chi connectivity index (χ1v) is 3.27. The van der Waals surface area contributed by atoms with Crippen molar-refractivity contribution in [2.75, 3.05) is 0 Å². The molecule has 0 saturated carbocycles. The van der Waals surface area contributed by atoms with Crippen LogP contribution in [0.25, 0.3) is 0 Å². The fourth-order valence-corrected chi connectivity index (χ4v) is 1.30. The van der Waals surface area contributed by atoms with E-state index in [1.165, 1.54) is 12.1 Å². The van der Waals surface area contributed by atoms with E-state index in [-0.39, 0.29) is 0 Å². The van der Waals surface area contributed by atoms with Crippen LogP contribution in [0, 0.1) is 0 Å². The molecule has 0 aliphatic heterocycles. The van der Waals surface area contributed by atoms with Gasteiger partial charge >= 0.3 is 0 Å². The van der Waals surface area contributed by atoms with E-state index in [0.29, 0.717) is 0 Å².